The van der Waals surface area contributed by atoms with Crippen molar-refractivity contribution in [3.8, 4) is 0 Å². The number of rotatable bonds is 2. The molecule has 5 heteroatoms. The molecule has 2 fully saturated rings. The fourth-order valence-electron chi connectivity index (χ4n) is 3.31. The second-order valence-electron chi connectivity index (χ2n) is 5.71. The predicted octanol–water partition coefficient (Wildman–Crippen LogP) is 2.41. The van der Waals surface area contributed by atoms with Crippen LogP contribution in [-0.4, -0.2) is 43.0 Å². The molecule has 4 nitrogen and oxygen atoms in total. The van der Waals surface area contributed by atoms with E-state index in [1.165, 1.54) is 31.5 Å². The van der Waals surface area contributed by atoms with Gasteiger partial charge in [0, 0.05) is 41.4 Å². The molecule has 0 saturated carbocycles. The average Bonchev–Trinajstić information content (AvgIpc) is 2.46. The van der Waals surface area contributed by atoms with E-state index in [4.69, 9.17) is 11.1 Å². The summed E-state index contributed by atoms with van der Waals surface area (Å²) in [6.45, 7) is 4.64. The zero-order chi connectivity index (χ0) is 14.1. The van der Waals surface area contributed by atoms with Crippen molar-refractivity contribution in [2.24, 2.45) is 5.73 Å². The Balaban J connectivity index is 1.76. The van der Waals surface area contributed by atoms with E-state index in [1.54, 1.807) is 0 Å². The summed E-state index contributed by atoms with van der Waals surface area (Å²) >= 11 is 3.53. The van der Waals surface area contributed by atoms with Gasteiger partial charge in [-0.25, -0.2) is 0 Å². The lowest BCUT2D eigenvalue weighted by molar-refractivity contribution is 0.133. The number of hydrogen-bond donors (Lipinski definition) is 2. The van der Waals surface area contributed by atoms with Crippen LogP contribution in [0.15, 0.2) is 22.7 Å². The molecule has 2 aliphatic rings. The van der Waals surface area contributed by atoms with Gasteiger partial charge in [0.15, 0.2) is 0 Å². The highest BCUT2D eigenvalue weighted by atomic mass is 79.9. The van der Waals surface area contributed by atoms with Gasteiger partial charge in [-0.1, -0.05) is 6.42 Å². The maximum absolute atomic E-state index is 7.54. The zero-order valence-corrected chi connectivity index (χ0v) is 13.2. The standard InChI is InChI=1S/C15H21BrN4/c16-14-9-11(4-5-13(14)15(17)18)20-8-7-19-6-2-1-3-12(19)10-20/h4-5,9,12H,1-3,6-8,10H2,(H3,17,18). The van der Waals surface area contributed by atoms with E-state index < -0.39 is 0 Å². The average molecular weight is 337 g/mol. The third-order valence-electron chi connectivity index (χ3n) is 4.45. The molecule has 3 N–H and O–H groups in total. The summed E-state index contributed by atoms with van der Waals surface area (Å²) < 4.78 is 0.911. The lowest BCUT2D eigenvalue weighted by Gasteiger charge is -2.45. The van der Waals surface area contributed by atoms with Crippen molar-refractivity contribution in [1.29, 1.82) is 5.41 Å². The minimum absolute atomic E-state index is 0.112. The van der Waals surface area contributed by atoms with Crippen molar-refractivity contribution >= 4 is 27.5 Å². The summed E-state index contributed by atoms with van der Waals surface area (Å²) in [6.07, 6.45) is 4.04. The van der Waals surface area contributed by atoms with E-state index in [0.29, 0.717) is 6.04 Å². The molecule has 1 atom stereocenters. The van der Waals surface area contributed by atoms with Gasteiger partial charge in [0.1, 0.15) is 5.84 Å². The second-order valence-corrected chi connectivity index (χ2v) is 6.56. The van der Waals surface area contributed by atoms with Gasteiger partial charge in [-0.05, 0) is 53.5 Å². The Labute approximate surface area is 128 Å². The van der Waals surface area contributed by atoms with Crippen molar-refractivity contribution in [1.82, 2.24) is 4.90 Å². The molecule has 2 aliphatic heterocycles. The number of piperazine rings is 1. The predicted molar refractivity (Wildman–Crippen MR) is 86.6 cm³/mol. The number of hydrogen-bond acceptors (Lipinski definition) is 3. The molecular weight excluding hydrogens is 316 g/mol. The van der Waals surface area contributed by atoms with Gasteiger partial charge < -0.3 is 10.6 Å². The van der Waals surface area contributed by atoms with Crippen molar-refractivity contribution in [3.63, 3.8) is 0 Å². The Bertz CT molecular complexity index is 517. The monoisotopic (exact) mass is 336 g/mol. The fourth-order valence-corrected chi connectivity index (χ4v) is 3.89. The van der Waals surface area contributed by atoms with Gasteiger partial charge >= 0.3 is 0 Å². The molecule has 0 bridgehead atoms. The molecule has 3 rings (SSSR count). The Morgan fingerprint density at radius 3 is 2.85 bits per heavy atom. The summed E-state index contributed by atoms with van der Waals surface area (Å²) in [7, 11) is 0. The number of amidine groups is 1. The summed E-state index contributed by atoms with van der Waals surface area (Å²) in [5.74, 6) is 0.112. The Kier molecular flexibility index (Phi) is 3.98. The van der Waals surface area contributed by atoms with Gasteiger partial charge in [-0.15, -0.1) is 0 Å². The molecule has 1 aromatic rings. The lowest BCUT2D eigenvalue weighted by Crippen LogP contribution is -2.54. The number of nitrogens with two attached hydrogens (primary N) is 1. The van der Waals surface area contributed by atoms with Crippen molar-refractivity contribution in [2.45, 2.75) is 25.3 Å². The quantitative estimate of drug-likeness (QED) is 0.644. The van der Waals surface area contributed by atoms with Crippen LogP contribution in [0.4, 0.5) is 5.69 Å². The lowest BCUT2D eigenvalue weighted by atomic mass is 9.99. The number of fused-ring (bicyclic) bond motifs is 1. The molecule has 0 amide bonds. The highest BCUT2D eigenvalue weighted by molar-refractivity contribution is 9.10. The van der Waals surface area contributed by atoms with Gasteiger partial charge in [-0.2, -0.15) is 0 Å². The number of anilines is 1. The Hall–Kier alpha value is -1.07. The van der Waals surface area contributed by atoms with Crippen LogP contribution >= 0.6 is 15.9 Å². The van der Waals surface area contributed by atoms with Gasteiger partial charge in [0.2, 0.25) is 0 Å². The van der Waals surface area contributed by atoms with Crippen LogP contribution in [0, 0.1) is 5.41 Å². The summed E-state index contributed by atoms with van der Waals surface area (Å²) in [5, 5.41) is 7.54. The molecule has 1 unspecified atom stereocenters. The smallest absolute Gasteiger partial charge is 0.123 e. The van der Waals surface area contributed by atoms with Crippen molar-refractivity contribution in [3.05, 3.63) is 28.2 Å². The minimum atomic E-state index is 0.112. The van der Waals surface area contributed by atoms with Gasteiger partial charge in [-0.3, -0.25) is 10.3 Å². The molecule has 108 valence electrons. The maximum atomic E-state index is 7.54. The summed E-state index contributed by atoms with van der Waals surface area (Å²) in [6, 6.07) is 6.83. The maximum Gasteiger partial charge on any atom is 0.123 e. The van der Waals surface area contributed by atoms with Gasteiger partial charge in [0.05, 0.1) is 0 Å². The summed E-state index contributed by atoms with van der Waals surface area (Å²) in [4.78, 5) is 5.10. The first-order valence-corrected chi connectivity index (χ1v) is 8.07. The van der Waals surface area contributed by atoms with E-state index in [2.05, 4.69) is 37.9 Å². The zero-order valence-electron chi connectivity index (χ0n) is 11.6. The van der Waals surface area contributed by atoms with E-state index >= 15 is 0 Å². The SMILES string of the molecule is N=C(N)c1ccc(N2CCN3CCCCC3C2)cc1Br. The second kappa shape index (κ2) is 5.74. The number of piperidine rings is 1. The molecule has 2 heterocycles. The van der Waals surface area contributed by atoms with E-state index in [9.17, 15) is 0 Å². The number of benzene rings is 1. The van der Waals surface area contributed by atoms with Crippen LogP contribution in [0.25, 0.3) is 0 Å². The molecule has 20 heavy (non-hydrogen) atoms. The third kappa shape index (κ3) is 2.69. The highest BCUT2D eigenvalue weighted by Crippen LogP contribution is 2.28. The topological polar surface area (TPSA) is 56.4 Å². The largest absolute Gasteiger partial charge is 0.384 e. The summed E-state index contributed by atoms with van der Waals surface area (Å²) in [5.41, 5.74) is 7.56. The first-order chi connectivity index (χ1) is 9.65. The third-order valence-corrected chi connectivity index (χ3v) is 5.10. The fraction of sp³-hybridized carbons (Fsp3) is 0.533. The van der Waals surface area contributed by atoms with Gasteiger partial charge in [0.25, 0.3) is 0 Å². The minimum Gasteiger partial charge on any atom is -0.384 e. The van der Waals surface area contributed by atoms with Crippen LogP contribution in [-0.2, 0) is 0 Å². The molecule has 2 saturated heterocycles. The molecule has 0 aliphatic carbocycles. The molecular formula is C15H21BrN4. The normalized spacial score (nSPS) is 23.4. The van der Waals surface area contributed by atoms with Crippen LogP contribution in [0.5, 0.6) is 0 Å². The van der Waals surface area contributed by atoms with E-state index in [1.807, 2.05) is 6.07 Å². The highest BCUT2D eigenvalue weighted by Gasteiger charge is 2.29. The van der Waals surface area contributed by atoms with Crippen LogP contribution in [0.2, 0.25) is 0 Å². The number of nitrogens with zero attached hydrogens (tertiary/aromatic N) is 2. The van der Waals surface area contributed by atoms with Crippen LogP contribution in [0.3, 0.4) is 0 Å². The van der Waals surface area contributed by atoms with E-state index in [0.717, 1.165) is 29.7 Å². The molecule has 0 aromatic heterocycles. The van der Waals surface area contributed by atoms with Crippen molar-refractivity contribution in [2.75, 3.05) is 31.1 Å². The van der Waals surface area contributed by atoms with Crippen LogP contribution in [0.1, 0.15) is 24.8 Å². The molecule has 1 aromatic carbocycles. The number of halogens is 1. The molecule has 0 spiro atoms. The first-order valence-electron chi connectivity index (χ1n) is 7.28. The Morgan fingerprint density at radius 1 is 1.25 bits per heavy atom. The first kappa shape index (κ1) is 13.9. The Morgan fingerprint density at radius 2 is 2.10 bits per heavy atom. The number of nitrogens with one attached hydrogen (secondary N) is 1. The van der Waals surface area contributed by atoms with Crippen LogP contribution < -0.4 is 10.6 Å². The number of nitrogen functional groups attached to an aromatic ring is 1. The van der Waals surface area contributed by atoms with E-state index in [-0.39, 0.29) is 5.84 Å². The molecule has 0 radical (unpaired) electrons. The van der Waals surface area contributed by atoms with Crippen molar-refractivity contribution < 1.29 is 0 Å².